The van der Waals surface area contributed by atoms with Gasteiger partial charge in [-0.1, -0.05) is 78.9 Å². The van der Waals surface area contributed by atoms with E-state index in [4.69, 9.17) is 9.47 Å². The summed E-state index contributed by atoms with van der Waals surface area (Å²) >= 11 is 0. The zero-order valence-corrected chi connectivity index (χ0v) is 21.2. The third-order valence-corrected chi connectivity index (χ3v) is 6.50. The van der Waals surface area contributed by atoms with Crippen LogP contribution in [-0.4, -0.2) is 31.1 Å². The Morgan fingerprint density at radius 2 is 1.50 bits per heavy atom. The van der Waals surface area contributed by atoms with Gasteiger partial charge in [-0.15, -0.1) is 0 Å². The number of carbonyl (C=O) groups excluding carboxylic acids is 2. The van der Waals surface area contributed by atoms with Crippen LogP contribution in [0.1, 0.15) is 30.4 Å². The summed E-state index contributed by atoms with van der Waals surface area (Å²) in [6.45, 7) is 2.70. The van der Waals surface area contributed by atoms with E-state index in [9.17, 15) is 9.59 Å². The maximum atomic E-state index is 13.6. The molecule has 1 aliphatic rings. The van der Waals surface area contributed by atoms with E-state index in [-0.39, 0.29) is 11.8 Å². The predicted molar refractivity (Wildman–Crippen MR) is 149 cm³/mol. The lowest BCUT2D eigenvalue weighted by molar-refractivity contribution is -0.125. The first-order chi connectivity index (χ1) is 18.6. The molecule has 6 nitrogen and oxygen atoms in total. The average molecular weight is 507 g/mol. The topological polar surface area (TPSA) is 67.9 Å². The molecule has 4 aromatic rings. The van der Waals surface area contributed by atoms with E-state index in [2.05, 4.69) is 5.32 Å². The summed E-state index contributed by atoms with van der Waals surface area (Å²) in [7, 11) is 0. The number of carbonyl (C=O) groups is 2. The van der Waals surface area contributed by atoms with Crippen LogP contribution < -0.4 is 19.7 Å². The Kier molecular flexibility index (Phi) is 7.69. The largest absolute Gasteiger partial charge is 0.494 e. The molecule has 0 radical (unpaired) electrons. The number of para-hydroxylation sites is 1. The molecular formula is C32H30N2O4. The lowest BCUT2D eigenvalue weighted by Gasteiger charge is -2.33. The van der Waals surface area contributed by atoms with Crippen molar-refractivity contribution in [2.24, 2.45) is 0 Å². The maximum Gasteiger partial charge on any atom is 0.267 e. The second-order valence-corrected chi connectivity index (χ2v) is 9.19. The molecule has 0 aromatic heterocycles. The van der Waals surface area contributed by atoms with Gasteiger partial charge in [0.05, 0.1) is 18.2 Å². The standard InChI is InChI=1S/C32H30N2O4/c1-23-32(36)34(20-11-21-37-27-16-9-4-10-17-27)28-22-26(18-19-29(28)38-23)33-31(35)30(24-12-5-2-6-13-24)25-14-7-3-8-15-25/h2-10,12-19,22-23,30H,11,20-21H2,1H3,(H,33,35). The second-order valence-electron chi connectivity index (χ2n) is 9.19. The molecule has 0 aliphatic carbocycles. The van der Waals surface area contributed by atoms with Crippen LogP contribution in [0.4, 0.5) is 11.4 Å². The summed E-state index contributed by atoms with van der Waals surface area (Å²) in [5, 5.41) is 3.07. The number of nitrogens with zero attached hydrogens (tertiary/aromatic N) is 1. The van der Waals surface area contributed by atoms with Gasteiger partial charge >= 0.3 is 0 Å². The van der Waals surface area contributed by atoms with Crippen LogP contribution in [-0.2, 0) is 9.59 Å². The number of fused-ring (bicyclic) bond motifs is 1. The van der Waals surface area contributed by atoms with E-state index in [1.54, 1.807) is 17.9 Å². The van der Waals surface area contributed by atoms with Gasteiger partial charge in [0.1, 0.15) is 11.5 Å². The minimum Gasteiger partial charge on any atom is -0.494 e. The van der Waals surface area contributed by atoms with E-state index in [0.29, 0.717) is 36.7 Å². The number of anilines is 2. The van der Waals surface area contributed by atoms with Gasteiger partial charge in [-0.25, -0.2) is 0 Å². The molecule has 1 unspecified atom stereocenters. The summed E-state index contributed by atoms with van der Waals surface area (Å²) < 4.78 is 11.7. The van der Waals surface area contributed by atoms with Crippen LogP contribution in [0.15, 0.2) is 109 Å². The van der Waals surface area contributed by atoms with Crippen molar-refractivity contribution < 1.29 is 19.1 Å². The van der Waals surface area contributed by atoms with Gasteiger partial charge in [-0.05, 0) is 54.8 Å². The van der Waals surface area contributed by atoms with Gasteiger partial charge in [0.25, 0.3) is 5.91 Å². The minimum absolute atomic E-state index is 0.118. The highest BCUT2D eigenvalue weighted by molar-refractivity contribution is 6.02. The fraction of sp³-hybridized carbons (Fsp3) is 0.188. The molecule has 1 heterocycles. The zero-order valence-electron chi connectivity index (χ0n) is 21.2. The van der Waals surface area contributed by atoms with Crippen molar-refractivity contribution in [1.82, 2.24) is 0 Å². The lowest BCUT2D eigenvalue weighted by Crippen LogP contribution is -2.45. The molecule has 4 aromatic carbocycles. The van der Waals surface area contributed by atoms with Gasteiger partial charge in [0.2, 0.25) is 5.91 Å². The van der Waals surface area contributed by atoms with Crippen LogP contribution >= 0.6 is 0 Å². The Labute approximate surface area is 222 Å². The summed E-state index contributed by atoms with van der Waals surface area (Å²) in [6.07, 6.45) is 0.0616. The van der Waals surface area contributed by atoms with Crippen molar-refractivity contribution in [2.45, 2.75) is 25.4 Å². The number of nitrogens with one attached hydrogen (secondary N) is 1. The SMILES string of the molecule is CC1Oc2ccc(NC(=O)C(c3ccccc3)c3ccccc3)cc2N(CCCOc2ccccc2)C1=O. The van der Waals surface area contributed by atoms with Crippen molar-refractivity contribution in [1.29, 1.82) is 0 Å². The molecule has 0 bridgehead atoms. The second kappa shape index (κ2) is 11.6. The first-order valence-electron chi connectivity index (χ1n) is 12.8. The van der Waals surface area contributed by atoms with Gasteiger partial charge in [0, 0.05) is 12.2 Å². The molecule has 1 atom stereocenters. The van der Waals surface area contributed by atoms with Gasteiger partial charge in [-0.3, -0.25) is 9.59 Å². The Balaban J connectivity index is 1.34. The number of hydrogen-bond acceptors (Lipinski definition) is 4. The van der Waals surface area contributed by atoms with E-state index < -0.39 is 12.0 Å². The Bertz CT molecular complexity index is 1340. The van der Waals surface area contributed by atoms with E-state index in [1.165, 1.54) is 0 Å². The van der Waals surface area contributed by atoms with E-state index in [0.717, 1.165) is 16.9 Å². The molecule has 1 aliphatic heterocycles. The first-order valence-corrected chi connectivity index (χ1v) is 12.8. The summed E-state index contributed by atoms with van der Waals surface area (Å²) in [6, 6.07) is 34.4. The number of rotatable bonds is 9. The summed E-state index contributed by atoms with van der Waals surface area (Å²) in [5.41, 5.74) is 3.05. The molecule has 0 saturated carbocycles. The lowest BCUT2D eigenvalue weighted by atomic mass is 9.90. The molecule has 38 heavy (non-hydrogen) atoms. The van der Waals surface area contributed by atoms with Crippen LogP contribution in [0.2, 0.25) is 0 Å². The fourth-order valence-corrected chi connectivity index (χ4v) is 4.65. The van der Waals surface area contributed by atoms with Gasteiger partial charge in [0.15, 0.2) is 6.10 Å². The maximum absolute atomic E-state index is 13.6. The number of amides is 2. The van der Waals surface area contributed by atoms with Gasteiger partial charge in [-0.2, -0.15) is 0 Å². The van der Waals surface area contributed by atoms with Crippen molar-refractivity contribution in [2.75, 3.05) is 23.4 Å². The van der Waals surface area contributed by atoms with Crippen LogP contribution in [0.25, 0.3) is 0 Å². The summed E-state index contributed by atoms with van der Waals surface area (Å²) in [5.74, 6) is 0.666. The van der Waals surface area contributed by atoms with Crippen LogP contribution in [0.3, 0.4) is 0 Å². The summed E-state index contributed by atoms with van der Waals surface area (Å²) in [4.78, 5) is 28.3. The number of benzene rings is 4. The third kappa shape index (κ3) is 5.70. The van der Waals surface area contributed by atoms with Crippen LogP contribution in [0, 0.1) is 0 Å². The third-order valence-electron chi connectivity index (χ3n) is 6.50. The Morgan fingerprint density at radius 3 is 2.13 bits per heavy atom. The normalized spacial score (nSPS) is 14.5. The molecule has 192 valence electrons. The van der Waals surface area contributed by atoms with Crippen molar-refractivity contribution in [3.8, 4) is 11.5 Å². The molecular weight excluding hydrogens is 476 g/mol. The highest BCUT2D eigenvalue weighted by Crippen LogP contribution is 2.37. The number of hydrogen-bond donors (Lipinski definition) is 1. The molecule has 5 rings (SSSR count). The molecule has 2 amide bonds. The van der Waals surface area contributed by atoms with Crippen molar-refractivity contribution >= 4 is 23.2 Å². The molecule has 0 saturated heterocycles. The van der Waals surface area contributed by atoms with E-state index in [1.807, 2.05) is 103 Å². The predicted octanol–water partition coefficient (Wildman–Crippen LogP) is 6.04. The molecule has 6 heteroatoms. The van der Waals surface area contributed by atoms with Crippen molar-refractivity contribution in [3.63, 3.8) is 0 Å². The van der Waals surface area contributed by atoms with Crippen LogP contribution in [0.5, 0.6) is 11.5 Å². The fourth-order valence-electron chi connectivity index (χ4n) is 4.65. The monoisotopic (exact) mass is 506 g/mol. The van der Waals surface area contributed by atoms with Gasteiger partial charge < -0.3 is 19.7 Å². The quantitative estimate of drug-likeness (QED) is 0.281. The molecule has 1 N–H and O–H groups in total. The Morgan fingerprint density at radius 1 is 0.895 bits per heavy atom. The number of ether oxygens (including phenoxy) is 2. The zero-order chi connectivity index (χ0) is 26.3. The Hall–Kier alpha value is -4.58. The van der Waals surface area contributed by atoms with E-state index >= 15 is 0 Å². The highest BCUT2D eigenvalue weighted by Gasteiger charge is 2.32. The average Bonchev–Trinajstić information content (AvgIpc) is 2.95. The van der Waals surface area contributed by atoms with Crippen molar-refractivity contribution in [3.05, 3.63) is 120 Å². The molecule has 0 spiro atoms. The minimum atomic E-state index is -0.585. The smallest absolute Gasteiger partial charge is 0.267 e. The molecule has 0 fully saturated rings. The first kappa shape index (κ1) is 25.1. The highest BCUT2D eigenvalue weighted by atomic mass is 16.5.